The third-order valence-corrected chi connectivity index (χ3v) is 2.65. The standard InChI is InChI=1S/C8H6ClN3O2S/c1-14-8(13)10-6-4(9)2-3-5-7(6)12-15-11-5/h2-3H,1H3,(H,10,13). The molecular formula is C8H6ClN3O2S. The quantitative estimate of drug-likeness (QED) is 0.836. The molecule has 0 bridgehead atoms. The summed E-state index contributed by atoms with van der Waals surface area (Å²) in [4.78, 5) is 11.1. The molecule has 0 aliphatic heterocycles. The van der Waals surface area contributed by atoms with Crippen molar-refractivity contribution in [3.8, 4) is 0 Å². The number of carbonyl (C=O) groups is 1. The van der Waals surface area contributed by atoms with Crippen LogP contribution in [0, 0.1) is 0 Å². The van der Waals surface area contributed by atoms with E-state index in [0.717, 1.165) is 11.7 Å². The van der Waals surface area contributed by atoms with Crippen molar-refractivity contribution >= 4 is 46.1 Å². The van der Waals surface area contributed by atoms with Crippen LogP contribution in [-0.4, -0.2) is 22.0 Å². The van der Waals surface area contributed by atoms with E-state index in [1.807, 2.05) is 0 Å². The van der Waals surface area contributed by atoms with E-state index in [1.165, 1.54) is 7.11 Å². The molecule has 1 aromatic carbocycles. The van der Waals surface area contributed by atoms with Gasteiger partial charge in [0.15, 0.2) is 0 Å². The number of amides is 1. The highest BCUT2D eigenvalue weighted by molar-refractivity contribution is 7.00. The summed E-state index contributed by atoms with van der Waals surface area (Å²) in [6.07, 6.45) is -0.586. The first-order valence-electron chi connectivity index (χ1n) is 3.98. The third-order valence-electron chi connectivity index (χ3n) is 1.79. The Morgan fingerprint density at radius 3 is 3.07 bits per heavy atom. The number of nitrogens with zero attached hydrogens (tertiary/aromatic N) is 2. The molecule has 0 aliphatic carbocycles. The molecule has 15 heavy (non-hydrogen) atoms. The second kappa shape index (κ2) is 4.00. The maximum Gasteiger partial charge on any atom is 0.411 e. The van der Waals surface area contributed by atoms with Crippen molar-refractivity contribution in [3.05, 3.63) is 17.2 Å². The molecule has 0 unspecified atom stereocenters. The van der Waals surface area contributed by atoms with Crippen molar-refractivity contribution in [2.24, 2.45) is 0 Å². The van der Waals surface area contributed by atoms with Crippen molar-refractivity contribution in [1.29, 1.82) is 0 Å². The molecule has 1 N–H and O–H groups in total. The average molecular weight is 244 g/mol. The Labute approximate surface area is 94.3 Å². The van der Waals surface area contributed by atoms with E-state index >= 15 is 0 Å². The number of fused-ring (bicyclic) bond motifs is 1. The smallest absolute Gasteiger partial charge is 0.411 e. The predicted molar refractivity (Wildman–Crippen MR) is 58.5 cm³/mol. The summed E-state index contributed by atoms with van der Waals surface area (Å²) in [6, 6.07) is 3.39. The number of benzene rings is 1. The van der Waals surface area contributed by atoms with E-state index in [2.05, 4.69) is 18.8 Å². The molecule has 0 atom stereocenters. The number of methoxy groups -OCH3 is 1. The van der Waals surface area contributed by atoms with Crippen LogP contribution in [0.5, 0.6) is 0 Å². The largest absolute Gasteiger partial charge is 0.453 e. The van der Waals surface area contributed by atoms with E-state index in [0.29, 0.717) is 21.7 Å². The SMILES string of the molecule is COC(=O)Nc1c(Cl)ccc2nsnc12. The fourth-order valence-electron chi connectivity index (χ4n) is 1.10. The Morgan fingerprint density at radius 1 is 1.53 bits per heavy atom. The molecule has 1 amide bonds. The van der Waals surface area contributed by atoms with Gasteiger partial charge in [0.25, 0.3) is 0 Å². The first kappa shape index (κ1) is 10.1. The number of carbonyl (C=O) groups excluding carboxylic acids is 1. The Kier molecular flexibility index (Phi) is 2.70. The van der Waals surface area contributed by atoms with Gasteiger partial charge < -0.3 is 4.74 Å². The number of halogens is 1. The number of aromatic nitrogens is 2. The Morgan fingerprint density at radius 2 is 2.33 bits per heavy atom. The van der Waals surface area contributed by atoms with Gasteiger partial charge in [-0.25, -0.2) is 4.79 Å². The minimum Gasteiger partial charge on any atom is -0.453 e. The van der Waals surface area contributed by atoms with Gasteiger partial charge in [-0.15, -0.1) is 0 Å². The molecule has 0 fully saturated rings. The number of hydrogen-bond donors (Lipinski definition) is 1. The third kappa shape index (κ3) is 1.86. The van der Waals surface area contributed by atoms with Crippen LogP contribution < -0.4 is 5.32 Å². The van der Waals surface area contributed by atoms with Crippen molar-refractivity contribution in [2.75, 3.05) is 12.4 Å². The van der Waals surface area contributed by atoms with E-state index in [9.17, 15) is 4.79 Å². The van der Waals surface area contributed by atoms with Gasteiger partial charge in [0.1, 0.15) is 11.0 Å². The number of hydrogen-bond acceptors (Lipinski definition) is 5. The molecular weight excluding hydrogens is 238 g/mol. The lowest BCUT2D eigenvalue weighted by atomic mass is 10.2. The molecule has 5 nitrogen and oxygen atoms in total. The summed E-state index contributed by atoms with van der Waals surface area (Å²) in [6.45, 7) is 0. The predicted octanol–water partition coefficient (Wildman–Crippen LogP) is 2.52. The van der Waals surface area contributed by atoms with Crippen molar-refractivity contribution in [3.63, 3.8) is 0 Å². The monoisotopic (exact) mass is 243 g/mol. The molecule has 0 saturated carbocycles. The molecule has 1 heterocycles. The van der Waals surface area contributed by atoms with E-state index in [4.69, 9.17) is 11.6 Å². The summed E-state index contributed by atoms with van der Waals surface area (Å²) in [5, 5.41) is 2.90. The maximum atomic E-state index is 11.1. The van der Waals surface area contributed by atoms with E-state index in [1.54, 1.807) is 12.1 Å². The molecule has 2 aromatic rings. The molecule has 0 saturated heterocycles. The lowest BCUT2D eigenvalue weighted by molar-refractivity contribution is 0.187. The lowest BCUT2D eigenvalue weighted by Gasteiger charge is -2.05. The van der Waals surface area contributed by atoms with Crippen molar-refractivity contribution in [2.45, 2.75) is 0 Å². The van der Waals surface area contributed by atoms with Crippen LogP contribution in [0.25, 0.3) is 11.0 Å². The minimum atomic E-state index is -0.586. The molecule has 0 aliphatic rings. The molecule has 7 heteroatoms. The molecule has 0 spiro atoms. The highest BCUT2D eigenvalue weighted by Crippen LogP contribution is 2.29. The van der Waals surface area contributed by atoms with Crippen molar-refractivity contribution in [1.82, 2.24) is 8.75 Å². The fraction of sp³-hybridized carbons (Fsp3) is 0.125. The normalized spacial score (nSPS) is 10.3. The van der Waals surface area contributed by atoms with Crippen LogP contribution in [0.15, 0.2) is 12.1 Å². The summed E-state index contributed by atoms with van der Waals surface area (Å²) >= 11 is 6.99. The highest BCUT2D eigenvalue weighted by Gasteiger charge is 2.12. The van der Waals surface area contributed by atoms with E-state index < -0.39 is 6.09 Å². The van der Waals surface area contributed by atoms with Gasteiger partial charge in [-0.3, -0.25) is 5.32 Å². The Bertz CT molecular complexity index is 514. The van der Waals surface area contributed by atoms with Crippen LogP contribution in [0.3, 0.4) is 0 Å². The second-order valence-electron chi connectivity index (χ2n) is 2.67. The first-order valence-corrected chi connectivity index (χ1v) is 5.09. The average Bonchev–Trinajstić information content (AvgIpc) is 2.70. The lowest BCUT2D eigenvalue weighted by Crippen LogP contribution is -2.11. The maximum absolute atomic E-state index is 11.1. The Balaban J connectivity index is 2.51. The van der Waals surface area contributed by atoms with Crippen LogP contribution >= 0.6 is 23.3 Å². The number of anilines is 1. The summed E-state index contributed by atoms with van der Waals surface area (Å²) in [5.41, 5.74) is 1.68. The van der Waals surface area contributed by atoms with Gasteiger partial charge in [-0.05, 0) is 12.1 Å². The van der Waals surface area contributed by atoms with Crippen LogP contribution in [0.2, 0.25) is 5.02 Å². The van der Waals surface area contributed by atoms with Gasteiger partial charge in [0, 0.05) is 0 Å². The summed E-state index contributed by atoms with van der Waals surface area (Å²) in [7, 11) is 1.28. The zero-order chi connectivity index (χ0) is 10.8. The molecule has 2 rings (SSSR count). The molecule has 78 valence electrons. The van der Waals surface area contributed by atoms with Gasteiger partial charge in [0.05, 0.1) is 29.5 Å². The van der Waals surface area contributed by atoms with Crippen LogP contribution in [0.1, 0.15) is 0 Å². The van der Waals surface area contributed by atoms with Crippen LogP contribution in [-0.2, 0) is 4.74 Å². The van der Waals surface area contributed by atoms with Crippen LogP contribution in [0.4, 0.5) is 10.5 Å². The van der Waals surface area contributed by atoms with E-state index in [-0.39, 0.29) is 0 Å². The Hall–Kier alpha value is -1.40. The highest BCUT2D eigenvalue weighted by atomic mass is 35.5. The number of rotatable bonds is 1. The van der Waals surface area contributed by atoms with Crippen molar-refractivity contribution < 1.29 is 9.53 Å². The van der Waals surface area contributed by atoms with Gasteiger partial charge >= 0.3 is 6.09 Å². The summed E-state index contributed by atoms with van der Waals surface area (Å²) in [5.74, 6) is 0. The van der Waals surface area contributed by atoms with Gasteiger partial charge in [0.2, 0.25) is 0 Å². The topological polar surface area (TPSA) is 64.1 Å². The van der Waals surface area contributed by atoms with Gasteiger partial charge in [-0.1, -0.05) is 11.6 Å². The summed E-state index contributed by atoms with van der Waals surface area (Å²) < 4.78 is 12.6. The zero-order valence-corrected chi connectivity index (χ0v) is 9.22. The number of ether oxygens (including phenoxy) is 1. The number of nitrogens with one attached hydrogen (secondary N) is 1. The second-order valence-corrected chi connectivity index (χ2v) is 3.61. The minimum absolute atomic E-state index is 0.403. The molecule has 1 aromatic heterocycles. The fourth-order valence-corrected chi connectivity index (χ4v) is 1.84. The molecule has 0 radical (unpaired) electrons. The first-order chi connectivity index (χ1) is 7.22. The van der Waals surface area contributed by atoms with Gasteiger partial charge in [-0.2, -0.15) is 8.75 Å². The zero-order valence-electron chi connectivity index (χ0n) is 7.65.